The summed E-state index contributed by atoms with van der Waals surface area (Å²) < 4.78 is 6.08. The molecule has 4 saturated carbocycles. The third kappa shape index (κ3) is 3.65. The molecule has 7 rings (SSSR count). The zero-order chi connectivity index (χ0) is 21.0. The lowest BCUT2D eigenvalue weighted by atomic mass is 9.49. The predicted octanol–water partition coefficient (Wildman–Crippen LogP) is 4.71. The summed E-state index contributed by atoms with van der Waals surface area (Å²) >= 11 is 1.61. The van der Waals surface area contributed by atoms with Crippen molar-refractivity contribution < 1.29 is 9.53 Å². The number of amides is 1. The molecule has 7 heteroatoms. The molecule has 1 amide bonds. The Balaban J connectivity index is 1.18. The SMILES string of the molecule is Cc1cnc(Nc2cccc(C3CN(C(=O)C45CC6CC(CC(C6)C4)C5)CCO3)n2)s1. The van der Waals surface area contributed by atoms with Crippen LogP contribution >= 0.6 is 11.3 Å². The Kier molecular flexibility index (Phi) is 4.79. The Hall–Kier alpha value is -1.99. The molecule has 164 valence electrons. The number of pyridine rings is 1. The Morgan fingerprint density at radius 3 is 2.61 bits per heavy atom. The van der Waals surface area contributed by atoms with Crippen LogP contribution in [-0.4, -0.2) is 40.5 Å². The standard InChI is InChI=1S/C24H30N4O2S/c1-15-13-25-23(31-15)27-21-4-2-3-19(26-21)20-14-28(5-6-30-20)22(29)24-10-16-7-17(11-24)9-18(8-16)12-24/h2-4,13,16-18,20H,5-12,14H2,1H3,(H,25,26,27). The van der Waals surface area contributed by atoms with Gasteiger partial charge in [-0.15, -0.1) is 11.3 Å². The monoisotopic (exact) mass is 438 g/mol. The van der Waals surface area contributed by atoms with Crippen molar-refractivity contribution in [3.8, 4) is 0 Å². The van der Waals surface area contributed by atoms with Gasteiger partial charge in [0.15, 0.2) is 5.13 Å². The van der Waals surface area contributed by atoms with Crippen molar-refractivity contribution in [2.75, 3.05) is 25.0 Å². The molecule has 1 atom stereocenters. The van der Waals surface area contributed by atoms with E-state index in [2.05, 4.69) is 15.2 Å². The van der Waals surface area contributed by atoms with Gasteiger partial charge in [0, 0.05) is 17.6 Å². The van der Waals surface area contributed by atoms with Crippen LogP contribution in [0.1, 0.15) is 55.2 Å². The second-order valence-corrected chi connectivity index (χ2v) is 11.4. The Bertz CT molecular complexity index is 954. The molecule has 0 aromatic carbocycles. The summed E-state index contributed by atoms with van der Waals surface area (Å²) in [5.74, 6) is 3.51. The van der Waals surface area contributed by atoms with E-state index in [0.29, 0.717) is 25.6 Å². The fourth-order valence-electron chi connectivity index (χ4n) is 6.94. The van der Waals surface area contributed by atoms with E-state index in [0.717, 1.165) is 58.5 Å². The van der Waals surface area contributed by atoms with Crippen LogP contribution in [0.3, 0.4) is 0 Å². The Morgan fingerprint density at radius 1 is 1.19 bits per heavy atom. The number of carbonyl (C=O) groups is 1. The van der Waals surface area contributed by atoms with Gasteiger partial charge in [-0.05, 0) is 75.3 Å². The molecule has 0 spiro atoms. The Labute approximate surface area is 187 Å². The van der Waals surface area contributed by atoms with E-state index in [1.54, 1.807) is 11.3 Å². The van der Waals surface area contributed by atoms with Crippen molar-refractivity contribution >= 4 is 28.2 Å². The number of carbonyl (C=O) groups excluding carboxylic acids is 1. The fourth-order valence-corrected chi connectivity index (χ4v) is 7.61. The molecule has 1 aliphatic heterocycles. The van der Waals surface area contributed by atoms with Gasteiger partial charge in [-0.2, -0.15) is 0 Å². The highest BCUT2D eigenvalue weighted by Gasteiger charge is 2.55. The van der Waals surface area contributed by atoms with E-state index in [4.69, 9.17) is 9.72 Å². The number of morpholine rings is 1. The highest BCUT2D eigenvalue weighted by atomic mass is 32.1. The zero-order valence-electron chi connectivity index (χ0n) is 18.0. The number of nitrogens with zero attached hydrogens (tertiary/aromatic N) is 3. The van der Waals surface area contributed by atoms with Gasteiger partial charge in [0.05, 0.1) is 24.3 Å². The highest BCUT2D eigenvalue weighted by Crippen LogP contribution is 2.60. The summed E-state index contributed by atoms with van der Waals surface area (Å²) in [4.78, 5) is 26.2. The average molecular weight is 439 g/mol. The van der Waals surface area contributed by atoms with E-state index in [-0.39, 0.29) is 11.5 Å². The zero-order valence-corrected chi connectivity index (χ0v) is 18.9. The van der Waals surface area contributed by atoms with E-state index >= 15 is 0 Å². The van der Waals surface area contributed by atoms with Gasteiger partial charge in [0.25, 0.3) is 0 Å². The smallest absolute Gasteiger partial charge is 0.228 e. The second-order valence-electron chi connectivity index (χ2n) is 10.2. The van der Waals surface area contributed by atoms with E-state index in [9.17, 15) is 4.79 Å². The van der Waals surface area contributed by atoms with Gasteiger partial charge < -0.3 is 15.0 Å². The second kappa shape index (κ2) is 7.55. The summed E-state index contributed by atoms with van der Waals surface area (Å²) in [6.45, 7) is 3.92. The quantitative estimate of drug-likeness (QED) is 0.749. The lowest BCUT2D eigenvalue weighted by Gasteiger charge is -2.57. The molecule has 1 unspecified atom stereocenters. The van der Waals surface area contributed by atoms with Crippen molar-refractivity contribution in [1.82, 2.24) is 14.9 Å². The first-order chi connectivity index (χ1) is 15.1. The summed E-state index contributed by atoms with van der Waals surface area (Å²) in [5.41, 5.74) is 0.789. The summed E-state index contributed by atoms with van der Waals surface area (Å²) in [7, 11) is 0. The van der Waals surface area contributed by atoms with Crippen LogP contribution in [0.15, 0.2) is 24.4 Å². The van der Waals surface area contributed by atoms with Crippen molar-refractivity contribution in [3.05, 3.63) is 35.0 Å². The third-order valence-corrected chi connectivity index (χ3v) is 8.63. The number of hydrogen-bond donors (Lipinski definition) is 1. The number of anilines is 2. The predicted molar refractivity (Wildman–Crippen MR) is 120 cm³/mol. The van der Waals surface area contributed by atoms with Crippen molar-refractivity contribution in [3.63, 3.8) is 0 Å². The van der Waals surface area contributed by atoms with E-state index in [1.807, 2.05) is 31.3 Å². The van der Waals surface area contributed by atoms with Crippen LogP contribution in [0.25, 0.3) is 0 Å². The first-order valence-corrected chi connectivity index (χ1v) is 12.5. The maximum Gasteiger partial charge on any atom is 0.228 e. The number of thiazole rings is 1. The topological polar surface area (TPSA) is 67.4 Å². The highest BCUT2D eigenvalue weighted by molar-refractivity contribution is 7.15. The number of rotatable bonds is 4. The molecule has 2 aromatic heterocycles. The van der Waals surface area contributed by atoms with Gasteiger partial charge in [0.1, 0.15) is 11.9 Å². The number of ether oxygens (including phenoxy) is 1. The fraction of sp³-hybridized carbons (Fsp3) is 0.625. The van der Waals surface area contributed by atoms with Crippen LogP contribution in [0.4, 0.5) is 10.9 Å². The summed E-state index contributed by atoms with van der Waals surface area (Å²) in [6, 6.07) is 5.94. The molecule has 1 saturated heterocycles. The number of aryl methyl sites for hydroxylation is 1. The molecule has 0 radical (unpaired) electrons. The molecular weight excluding hydrogens is 408 g/mol. The molecule has 4 bridgehead atoms. The summed E-state index contributed by atoms with van der Waals surface area (Å²) in [6.07, 6.45) is 9.11. The van der Waals surface area contributed by atoms with Crippen molar-refractivity contribution in [2.45, 2.75) is 51.6 Å². The molecular formula is C24H30N4O2S. The van der Waals surface area contributed by atoms with Crippen molar-refractivity contribution in [1.29, 1.82) is 0 Å². The maximum absolute atomic E-state index is 13.8. The maximum atomic E-state index is 13.8. The van der Waals surface area contributed by atoms with Crippen LogP contribution in [-0.2, 0) is 9.53 Å². The molecule has 31 heavy (non-hydrogen) atoms. The van der Waals surface area contributed by atoms with Crippen LogP contribution in [0.5, 0.6) is 0 Å². The first-order valence-electron chi connectivity index (χ1n) is 11.6. The molecule has 3 heterocycles. The number of aromatic nitrogens is 2. The van der Waals surface area contributed by atoms with Crippen LogP contribution in [0.2, 0.25) is 0 Å². The average Bonchev–Trinajstić information content (AvgIpc) is 3.17. The molecule has 5 aliphatic rings. The minimum Gasteiger partial charge on any atom is -0.368 e. The lowest BCUT2D eigenvalue weighted by molar-refractivity contribution is -0.164. The normalized spacial score (nSPS) is 34.2. The van der Waals surface area contributed by atoms with Crippen LogP contribution in [0, 0.1) is 30.1 Å². The lowest BCUT2D eigenvalue weighted by Crippen LogP contribution is -2.56. The minimum absolute atomic E-state index is 0.0871. The van der Waals surface area contributed by atoms with E-state index < -0.39 is 0 Å². The third-order valence-electron chi connectivity index (χ3n) is 7.80. The largest absolute Gasteiger partial charge is 0.368 e. The Morgan fingerprint density at radius 2 is 1.94 bits per heavy atom. The van der Waals surface area contributed by atoms with Gasteiger partial charge >= 0.3 is 0 Å². The van der Waals surface area contributed by atoms with Gasteiger partial charge in [-0.1, -0.05) is 6.07 Å². The first kappa shape index (κ1) is 19.7. The molecule has 6 nitrogen and oxygen atoms in total. The van der Waals surface area contributed by atoms with Gasteiger partial charge in [-0.25, -0.2) is 9.97 Å². The molecule has 1 N–H and O–H groups in total. The van der Waals surface area contributed by atoms with Gasteiger partial charge in [-0.3, -0.25) is 4.79 Å². The number of hydrogen-bond acceptors (Lipinski definition) is 6. The molecule has 2 aromatic rings. The summed E-state index contributed by atoms with van der Waals surface area (Å²) in [5, 5.41) is 4.13. The minimum atomic E-state index is -0.175. The molecule has 5 fully saturated rings. The number of nitrogens with one attached hydrogen (secondary N) is 1. The van der Waals surface area contributed by atoms with Crippen molar-refractivity contribution in [2.24, 2.45) is 23.2 Å². The van der Waals surface area contributed by atoms with Gasteiger partial charge in [0.2, 0.25) is 5.91 Å². The molecule has 4 aliphatic carbocycles. The van der Waals surface area contributed by atoms with Crippen LogP contribution < -0.4 is 5.32 Å². The van der Waals surface area contributed by atoms with E-state index in [1.165, 1.54) is 19.3 Å².